The standard InChI is InChI=1S/C11H20N4O/c1-14-11(7-12-13-14)9-15-5-2-3-10(8-15)4-6-16/h7,10,16H,2-6,8-9H2,1H3. The molecule has 0 saturated carbocycles. The Morgan fingerprint density at radius 1 is 1.56 bits per heavy atom. The van der Waals surface area contributed by atoms with Crippen LogP contribution in [0.25, 0.3) is 0 Å². The fraction of sp³-hybridized carbons (Fsp3) is 0.818. The topological polar surface area (TPSA) is 54.2 Å². The zero-order valence-electron chi connectivity index (χ0n) is 9.84. The first-order valence-electron chi connectivity index (χ1n) is 5.96. The van der Waals surface area contributed by atoms with Crippen molar-refractivity contribution in [1.29, 1.82) is 0 Å². The predicted octanol–water partition coefficient (Wildman–Crippen LogP) is 0.409. The number of likely N-dealkylation sites (tertiary alicyclic amines) is 1. The smallest absolute Gasteiger partial charge is 0.0738 e. The van der Waals surface area contributed by atoms with Crippen LogP contribution >= 0.6 is 0 Å². The minimum absolute atomic E-state index is 0.311. The Hall–Kier alpha value is -0.940. The summed E-state index contributed by atoms with van der Waals surface area (Å²) in [4.78, 5) is 2.43. The van der Waals surface area contributed by atoms with Gasteiger partial charge in [0.2, 0.25) is 0 Å². The highest BCUT2D eigenvalue weighted by molar-refractivity contribution is 4.93. The summed E-state index contributed by atoms with van der Waals surface area (Å²) in [5, 5.41) is 16.8. The van der Waals surface area contributed by atoms with Gasteiger partial charge in [0.25, 0.3) is 0 Å². The first-order valence-corrected chi connectivity index (χ1v) is 5.96. The van der Waals surface area contributed by atoms with Gasteiger partial charge < -0.3 is 5.11 Å². The second-order valence-corrected chi connectivity index (χ2v) is 4.60. The van der Waals surface area contributed by atoms with Crippen LogP contribution in [-0.2, 0) is 13.6 Å². The van der Waals surface area contributed by atoms with Crippen LogP contribution in [0.4, 0.5) is 0 Å². The molecule has 1 aromatic rings. The molecule has 1 unspecified atom stereocenters. The number of hydrogen-bond acceptors (Lipinski definition) is 4. The number of aliphatic hydroxyl groups excluding tert-OH is 1. The van der Waals surface area contributed by atoms with Crippen molar-refractivity contribution in [3.05, 3.63) is 11.9 Å². The Labute approximate surface area is 96.1 Å². The van der Waals surface area contributed by atoms with E-state index in [0.29, 0.717) is 12.5 Å². The van der Waals surface area contributed by atoms with Crippen LogP contribution in [0.15, 0.2) is 6.20 Å². The van der Waals surface area contributed by atoms with Crippen LogP contribution < -0.4 is 0 Å². The number of aromatic nitrogens is 3. The fourth-order valence-electron chi connectivity index (χ4n) is 2.40. The second-order valence-electron chi connectivity index (χ2n) is 4.60. The lowest BCUT2D eigenvalue weighted by Gasteiger charge is -2.32. The number of nitrogens with zero attached hydrogens (tertiary/aromatic N) is 4. The summed E-state index contributed by atoms with van der Waals surface area (Å²) < 4.78 is 1.83. The van der Waals surface area contributed by atoms with Crippen molar-refractivity contribution in [2.24, 2.45) is 13.0 Å². The third-order valence-electron chi connectivity index (χ3n) is 3.33. The van der Waals surface area contributed by atoms with E-state index in [4.69, 9.17) is 5.11 Å². The van der Waals surface area contributed by atoms with Gasteiger partial charge in [-0.3, -0.25) is 9.58 Å². The molecule has 1 aromatic heterocycles. The van der Waals surface area contributed by atoms with Crippen molar-refractivity contribution in [3.8, 4) is 0 Å². The van der Waals surface area contributed by atoms with Gasteiger partial charge in [-0.2, -0.15) is 0 Å². The maximum atomic E-state index is 8.96. The van der Waals surface area contributed by atoms with Crippen molar-refractivity contribution < 1.29 is 5.11 Å². The van der Waals surface area contributed by atoms with Gasteiger partial charge in [-0.1, -0.05) is 5.21 Å². The SMILES string of the molecule is Cn1nncc1CN1CCCC(CCO)C1. The number of aryl methyl sites for hydroxylation is 1. The minimum Gasteiger partial charge on any atom is -0.396 e. The van der Waals surface area contributed by atoms with Gasteiger partial charge in [-0.25, -0.2) is 0 Å². The van der Waals surface area contributed by atoms with Crippen molar-refractivity contribution in [2.45, 2.75) is 25.8 Å². The Morgan fingerprint density at radius 3 is 3.12 bits per heavy atom. The molecule has 1 fully saturated rings. The van der Waals surface area contributed by atoms with E-state index in [1.165, 1.54) is 12.8 Å². The van der Waals surface area contributed by atoms with Crippen LogP contribution in [0, 0.1) is 5.92 Å². The lowest BCUT2D eigenvalue weighted by atomic mass is 9.95. The minimum atomic E-state index is 0.311. The monoisotopic (exact) mass is 224 g/mol. The van der Waals surface area contributed by atoms with Crippen LogP contribution in [0.5, 0.6) is 0 Å². The molecule has 2 heterocycles. The largest absolute Gasteiger partial charge is 0.396 e. The molecule has 90 valence electrons. The third kappa shape index (κ3) is 2.80. The van der Waals surface area contributed by atoms with Crippen LogP contribution in [-0.4, -0.2) is 44.7 Å². The molecule has 1 aliphatic rings. The Bertz CT molecular complexity index is 324. The lowest BCUT2D eigenvalue weighted by Crippen LogP contribution is -2.35. The quantitative estimate of drug-likeness (QED) is 0.805. The molecule has 5 nitrogen and oxygen atoms in total. The van der Waals surface area contributed by atoms with Crippen molar-refractivity contribution in [2.75, 3.05) is 19.7 Å². The Kier molecular flexibility index (Phi) is 3.90. The van der Waals surface area contributed by atoms with Gasteiger partial charge in [-0.05, 0) is 31.7 Å². The van der Waals surface area contributed by atoms with Gasteiger partial charge in [-0.15, -0.1) is 5.10 Å². The van der Waals surface area contributed by atoms with Gasteiger partial charge in [0, 0.05) is 26.7 Å². The molecule has 1 atom stereocenters. The molecule has 0 aromatic carbocycles. The normalized spacial score (nSPS) is 22.5. The summed E-state index contributed by atoms with van der Waals surface area (Å²) in [6, 6.07) is 0. The zero-order chi connectivity index (χ0) is 11.4. The number of rotatable bonds is 4. The third-order valence-corrected chi connectivity index (χ3v) is 3.33. The molecule has 0 bridgehead atoms. The summed E-state index contributed by atoms with van der Waals surface area (Å²) in [6.45, 7) is 3.47. The van der Waals surface area contributed by atoms with Crippen molar-refractivity contribution in [1.82, 2.24) is 19.9 Å². The van der Waals surface area contributed by atoms with E-state index in [1.54, 1.807) is 0 Å². The van der Waals surface area contributed by atoms with Gasteiger partial charge in [0.15, 0.2) is 0 Å². The fourth-order valence-corrected chi connectivity index (χ4v) is 2.40. The molecule has 2 rings (SSSR count). The summed E-state index contributed by atoms with van der Waals surface area (Å²) in [6.07, 6.45) is 5.24. The molecule has 5 heteroatoms. The second kappa shape index (κ2) is 5.41. The highest BCUT2D eigenvalue weighted by Gasteiger charge is 2.20. The highest BCUT2D eigenvalue weighted by Crippen LogP contribution is 2.20. The highest BCUT2D eigenvalue weighted by atomic mass is 16.3. The molecule has 0 spiro atoms. The van der Waals surface area contributed by atoms with Crippen LogP contribution in [0.1, 0.15) is 25.0 Å². The molecular weight excluding hydrogens is 204 g/mol. The molecule has 0 aliphatic carbocycles. The van der Waals surface area contributed by atoms with Crippen LogP contribution in [0.2, 0.25) is 0 Å². The average Bonchev–Trinajstić information content (AvgIpc) is 2.66. The number of aliphatic hydroxyl groups is 1. The Balaban J connectivity index is 1.88. The molecule has 1 saturated heterocycles. The van der Waals surface area contributed by atoms with E-state index in [0.717, 1.165) is 31.7 Å². The Morgan fingerprint density at radius 2 is 2.44 bits per heavy atom. The summed E-state index contributed by atoms with van der Waals surface area (Å²) in [5.74, 6) is 0.653. The van der Waals surface area contributed by atoms with E-state index in [9.17, 15) is 0 Å². The van der Waals surface area contributed by atoms with E-state index < -0.39 is 0 Å². The first-order chi connectivity index (χ1) is 7.79. The summed E-state index contributed by atoms with van der Waals surface area (Å²) in [7, 11) is 1.93. The molecule has 0 amide bonds. The summed E-state index contributed by atoms with van der Waals surface area (Å²) in [5.41, 5.74) is 1.16. The van der Waals surface area contributed by atoms with Gasteiger partial charge in [0.1, 0.15) is 0 Å². The molecular formula is C11H20N4O. The van der Waals surface area contributed by atoms with Crippen LogP contribution in [0.3, 0.4) is 0 Å². The molecule has 1 N–H and O–H groups in total. The maximum Gasteiger partial charge on any atom is 0.0738 e. The predicted molar refractivity (Wildman–Crippen MR) is 60.7 cm³/mol. The van der Waals surface area contributed by atoms with Gasteiger partial charge in [0.05, 0.1) is 11.9 Å². The van der Waals surface area contributed by atoms with E-state index in [-0.39, 0.29) is 0 Å². The van der Waals surface area contributed by atoms with Gasteiger partial charge >= 0.3 is 0 Å². The first kappa shape index (κ1) is 11.5. The zero-order valence-corrected chi connectivity index (χ0v) is 9.84. The summed E-state index contributed by atoms with van der Waals surface area (Å²) >= 11 is 0. The van der Waals surface area contributed by atoms with Crippen molar-refractivity contribution >= 4 is 0 Å². The molecule has 16 heavy (non-hydrogen) atoms. The van der Waals surface area contributed by atoms with E-state index in [2.05, 4.69) is 15.2 Å². The van der Waals surface area contributed by atoms with E-state index in [1.807, 2.05) is 17.9 Å². The number of piperidine rings is 1. The van der Waals surface area contributed by atoms with E-state index >= 15 is 0 Å². The maximum absolute atomic E-state index is 8.96. The lowest BCUT2D eigenvalue weighted by molar-refractivity contribution is 0.140. The average molecular weight is 224 g/mol. The van der Waals surface area contributed by atoms with Crippen molar-refractivity contribution in [3.63, 3.8) is 0 Å². The molecule has 0 radical (unpaired) electrons. The molecule has 1 aliphatic heterocycles. The number of hydrogen-bond donors (Lipinski definition) is 1.